The number of morpholine rings is 1. The molecule has 1 aliphatic heterocycles. The molecule has 1 saturated heterocycles. The number of ether oxygens (including phenoxy) is 2. The van der Waals surface area contributed by atoms with Crippen LogP contribution in [0.15, 0.2) is 59.1 Å². The summed E-state index contributed by atoms with van der Waals surface area (Å²) in [5, 5.41) is 0. The van der Waals surface area contributed by atoms with Crippen molar-refractivity contribution in [2.75, 3.05) is 26.3 Å². The van der Waals surface area contributed by atoms with Gasteiger partial charge >= 0.3 is 0 Å². The third-order valence-corrected chi connectivity index (χ3v) is 4.20. The van der Waals surface area contributed by atoms with E-state index in [1.54, 1.807) is 0 Å². The number of hydrogen-bond donors (Lipinski definition) is 0. The second-order valence-corrected chi connectivity index (χ2v) is 6.40. The molecule has 1 fully saturated rings. The number of halogens is 1. The van der Waals surface area contributed by atoms with E-state index in [0.29, 0.717) is 6.61 Å². The first-order valence-corrected chi connectivity index (χ1v) is 8.35. The van der Waals surface area contributed by atoms with Crippen molar-refractivity contribution in [2.24, 2.45) is 0 Å². The Balaban J connectivity index is 1.50. The van der Waals surface area contributed by atoms with Crippen molar-refractivity contribution in [3.63, 3.8) is 0 Å². The first-order valence-electron chi connectivity index (χ1n) is 7.56. The zero-order valence-electron chi connectivity index (χ0n) is 12.5. The Bertz CT molecular complexity index is 591. The van der Waals surface area contributed by atoms with Crippen molar-refractivity contribution >= 4 is 15.9 Å². The van der Waals surface area contributed by atoms with Crippen LogP contribution in [0.2, 0.25) is 0 Å². The van der Waals surface area contributed by atoms with Crippen molar-refractivity contribution in [1.82, 2.24) is 4.90 Å². The second-order valence-electron chi connectivity index (χ2n) is 5.48. The molecule has 0 aromatic heterocycles. The number of nitrogens with zero attached hydrogens (tertiary/aromatic N) is 1. The van der Waals surface area contributed by atoms with Crippen LogP contribution >= 0.6 is 15.9 Å². The Hall–Kier alpha value is -1.36. The molecule has 0 radical (unpaired) electrons. The van der Waals surface area contributed by atoms with Crippen LogP contribution in [0, 0.1) is 0 Å². The molecule has 0 saturated carbocycles. The SMILES string of the molecule is Brc1cccc(OC[C@H]2CN(Cc3ccccc3)CCO2)c1. The van der Waals surface area contributed by atoms with Crippen LogP contribution in [-0.2, 0) is 11.3 Å². The number of rotatable bonds is 5. The van der Waals surface area contributed by atoms with E-state index in [9.17, 15) is 0 Å². The highest BCUT2D eigenvalue weighted by molar-refractivity contribution is 9.10. The third-order valence-electron chi connectivity index (χ3n) is 3.70. The van der Waals surface area contributed by atoms with Crippen LogP contribution in [0.4, 0.5) is 0 Å². The average molecular weight is 362 g/mol. The summed E-state index contributed by atoms with van der Waals surface area (Å²) in [4.78, 5) is 2.42. The lowest BCUT2D eigenvalue weighted by Crippen LogP contribution is -2.44. The van der Waals surface area contributed by atoms with Crippen molar-refractivity contribution < 1.29 is 9.47 Å². The van der Waals surface area contributed by atoms with E-state index >= 15 is 0 Å². The monoisotopic (exact) mass is 361 g/mol. The van der Waals surface area contributed by atoms with E-state index in [4.69, 9.17) is 9.47 Å². The highest BCUT2D eigenvalue weighted by Gasteiger charge is 2.21. The van der Waals surface area contributed by atoms with Crippen molar-refractivity contribution in [1.29, 1.82) is 0 Å². The molecule has 3 nitrogen and oxygen atoms in total. The van der Waals surface area contributed by atoms with Gasteiger partial charge in [0.15, 0.2) is 0 Å². The van der Waals surface area contributed by atoms with Crippen LogP contribution in [0.3, 0.4) is 0 Å². The molecule has 4 heteroatoms. The van der Waals surface area contributed by atoms with Crippen LogP contribution in [-0.4, -0.2) is 37.3 Å². The van der Waals surface area contributed by atoms with Gasteiger partial charge in [0.2, 0.25) is 0 Å². The van der Waals surface area contributed by atoms with Gasteiger partial charge in [-0.15, -0.1) is 0 Å². The molecule has 2 aromatic rings. The minimum Gasteiger partial charge on any atom is -0.491 e. The summed E-state index contributed by atoms with van der Waals surface area (Å²) >= 11 is 3.46. The lowest BCUT2D eigenvalue weighted by Gasteiger charge is -2.32. The standard InChI is InChI=1S/C18H20BrNO2/c19-16-7-4-8-17(11-16)22-14-18-13-20(9-10-21-18)12-15-5-2-1-3-6-15/h1-8,11,18H,9-10,12-14H2/t18-/m1/s1. The van der Waals surface area contributed by atoms with Gasteiger partial charge in [-0.1, -0.05) is 52.3 Å². The normalized spacial score (nSPS) is 19.0. The zero-order chi connectivity index (χ0) is 15.2. The van der Waals surface area contributed by atoms with Gasteiger partial charge in [0.05, 0.1) is 6.61 Å². The molecule has 0 unspecified atom stereocenters. The highest BCUT2D eigenvalue weighted by Crippen LogP contribution is 2.19. The van der Waals surface area contributed by atoms with Crippen molar-refractivity contribution in [2.45, 2.75) is 12.6 Å². The minimum absolute atomic E-state index is 0.122. The summed E-state index contributed by atoms with van der Waals surface area (Å²) in [6, 6.07) is 18.5. The summed E-state index contributed by atoms with van der Waals surface area (Å²) in [6.07, 6.45) is 0.122. The van der Waals surface area contributed by atoms with Crippen LogP contribution in [0.1, 0.15) is 5.56 Å². The molecule has 1 atom stereocenters. The molecule has 0 amide bonds. The first kappa shape index (κ1) is 15.5. The first-order chi connectivity index (χ1) is 10.8. The maximum atomic E-state index is 5.84. The fourth-order valence-corrected chi connectivity index (χ4v) is 2.99. The Morgan fingerprint density at radius 3 is 2.82 bits per heavy atom. The van der Waals surface area contributed by atoms with Gasteiger partial charge in [-0.2, -0.15) is 0 Å². The Morgan fingerprint density at radius 2 is 2.00 bits per heavy atom. The van der Waals surface area contributed by atoms with Gasteiger partial charge in [-0.25, -0.2) is 0 Å². The molecule has 2 aromatic carbocycles. The fraction of sp³-hybridized carbons (Fsp3) is 0.333. The van der Waals surface area contributed by atoms with E-state index in [0.717, 1.165) is 36.5 Å². The maximum absolute atomic E-state index is 5.84. The molecule has 0 N–H and O–H groups in total. The van der Waals surface area contributed by atoms with Gasteiger partial charge in [-0.3, -0.25) is 4.90 Å². The van der Waals surface area contributed by atoms with Gasteiger partial charge in [0, 0.05) is 24.1 Å². The molecule has 22 heavy (non-hydrogen) atoms. The third kappa shape index (κ3) is 4.57. The van der Waals surface area contributed by atoms with E-state index < -0.39 is 0 Å². The van der Waals surface area contributed by atoms with E-state index in [2.05, 4.69) is 51.2 Å². The minimum atomic E-state index is 0.122. The summed E-state index contributed by atoms with van der Waals surface area (Å²) in [6.45, 7) is 4.20. The molecule has 116 valence electrons. The van der Waals surface area contributed by atoms with Gasteiger partial charge < -0.3 is 9.47 Å². The molecular weight excluding hydrogens is 342 g/mol. The van der Waals surface area contributed by atoms with Crippen LogP contribution in [0.25, 0.3) is 0 Å². The molecule has 3 rings (SSSR count). The summed E-state index contributed by atoms with van der Waals surface area (Å²) in [5.41, 5.74) is 1.34. The van der Waals surface area contributed by atoms with Crippen LogP contribution in [0.5, 0.6) is 5.75 Å². The fourth-order valence-electron chi connectivity index (χ4n) is 2.61. The maximum Gasteiger partial charge on any atom is 0.120 e. The van der Waals surface area contributed by atoms with Crippen LogP contribution < -0.4 is 4.74 Å². The predicted molar refractivity (Wildman–Crippen MR) is 91.1 cm³/mol. The number of benzene rings is 2. The van der Waals surface area contributed by atoms with E-state index in [-0.39, 0.29) is 6.10 Å². The largest absolute Gasteiger partial charge is 0.491 e. The van der Waals surface area contributed by atoms with Gasteiger partial charge in [0.25, 0.3) is 0 Å². The smallest absolute Gasteiger partial charge is 0.120 e. The lowest BCUT2D eigenvalue weighted by molar-refractivity contribution is -0.0504. The highest BCUT2D eigenvalue weighted by atomic mass is 79.9. The molecule has 0 aliphatic carbocycles. The molecule has 1 aliphatic rings. The number of hydrogen-bond acceptors (Lipinski definition) is 3. The Morgan fingerprint density at radius 1 is 1.14 bits per heavy atom. The topological polar surface area (TPSA) is 21.7 Å². The predicted octanol–water partition coefficient (Wildman–Crippen LogP) is 3.73. The lowest BCUT2D eigenvalue weighted by atomic mass is 10.2. The summed E-state index contributed by atoms with van der Waals surface area (Å²) in [7, 11) is 0. The van der Waals surface area contributed by atoms with Gasteiger partial charge in [0.1, 0.15) is 18.5 Å². The van der Waals surface area contributed by atoms with Crippen molar-refractivity contribution in [3.8, 4) is 5.75 Å². The summed E-state index contributed by atoms with van der Waals surface area (Å²) < 4.78 is 12.7. The molecule has 0 spiro atoms. The van der Waals surface area contributed by atoms with E-state index in [1.165, 1.54) is 5.56 Å². The summed E-state index contributed by atoms with van der Waals surface area (Å²) in [5.74, 6) is 0.873. The van der Waals surface area contributed by atoms with Crippen molar-refractivity contribution in [3.05, 3.63) is 64.6 Å². The van der Waals surface area contributed by atoms with Gasteiger partial charge in [-0.05, 0) is 23.8 Å². The Kier molecular flexibility index (Phi) is 5.48. The Labute approximate surface area is 140 Å². The average Bonchev–Trinajstić information content (AvgIpc) is 2.54. The molecular formula is C18H20BrNO2. The molecule has 0 bridgehead atoms. The van der Waals surface area contributed by atoms with E-state index in [1.807, 2.05) is 24.3 Å². The second kappa shape index (κ2) is 7.77. The quantitative estimate of drug-likeness (QED) is 0.809. The zero-order valence-corrected chi connectivity index (χ0v) is 14.0. The molecule has 1 heterocycles.